The zero-order chi connectivity index (χ0) is 12.5. The standard InChI is InChI=1S/C13H24N2O2.ClH/c1-12(2)10-15(7-8-17-12)11(16)13(9-14)5-3-4-6-13;/h3-10,14H2,1-2H3;1H. The molecule has 1 amide bonds. The molecule has 0 spiro atoms. The Kier molecular flexibility index (Phi) is 5.04. The van der Waals surface area contributed by atoms with E-state index in [0.717, 1.165) is 25.7 Å². The molecule has 1 aliphatic carbocycles. The normalized spacial score (nSPS) is 25.6. The summed E-state index contributed by atoms with van der Waals surface area (Å²) in [5, 5.41) is 0. The predicted molar refractivity (Wildman–Crippen MR) is 73.8 cm³/mol. The zero-order valence-electron chi connectivity index (χ0n) is 11.4. The molecule has 4 nitrogen and oxygen atoms in total. The van der Waals surface area contributed by atoms with E-state index in [2.05, 4.69) is 0 Å². The van der Waals surface area contributed by atoms with Crippen molar-refractivity contribution in [2.45, 2.75) is 45.1 Å². The van der Waals surface area contributed by atoms with Crippen LogP contribution >= 0.6 is 12.4 Å². The van der Waals surface area contributed by atoms with Gasteiger partial charge in [-0.2, -0.15) is 0 Å². The van der Waals surface area contributed by atoms with E-state index in [-0.39, 0.29) is 29.3 Å². The Balaban J connectivity index is 0.00000162. The van der Waals surface area contributed by atoms with E-state index in [1.54, 1.807) is 0 Å². The highest BCUT2D eigenvalue weighted by Gasteiger charge is 2.44. The van der Waals surface area contributed by atoms with Crippen LogP contribution in [0, 0.1) is 5.41 Å². The fourth-order valence-corrected chi connectivity index (χ4v) is 3.08. The molecule has 0 aromatic heterocycles. The molecule has 106 valence electrons. The molecule has 1 saturated heterocycles. The van der Waals surface area contributed by atoms with Crippen molar-refractivity contribution in [2.24, 2.45) is 11.1 Å². The van der Waals surface area contributed by atoms with Gasteiger partial charge in [-0.3, -0.25) is 4.79 Å². The average molecular weight is 277 g/mol. The first-order chi connectivity index (χ1) is 7.99. The van der Waals surface area contributed by atoms with Crippen molar-refractivity contribution in [3.63, 3.8) is 0 Å². The number of morpholine rings is 1. The maximum Gasteiger partial charge on any atom is 0.230 e. The van der Waals surface area contributed by atoms with Gasteiger partial charge in [0.1, 0.15) is 0 Å². The summed E-state index contributed by atoms with van der Waals surface area (Å²) < 4.78 is 5.65. The molecule has 0 atom stereocenters. The van der Waals surface area contributed by atoms with Crippen LogP contribution in [-0.2, 0) is 9.53 Å². The van der Waals surface area contributed by atoms with Gasteiger partial charge in [-0.05, 0) is 26.7 Å². The second-order valence-corrected chi connectivity index (χ2v) is 6.03. The molecule has 0 unspecified atom stereocenters. The molecule has 0 aromatic rings. The van der Waals surface area contributed by atoms with E-state index in [1.807, 2.05) is 18.7 Å². The summed E-state index contributed by atoms with van der Waals surface area (Å²) in [6.45, 7) is 6.60. The molecule has 5 heteroatoms. The number of nitrogens with zero attached hydrogens (tertiary/aromatic N) is 1. The fraction of sp³-hybridized carbons (Fsp3) is 0.923. The van der Waals surface area contributed by atoms with Crippen molar-refractivity contribution < 1.29 is 9.53 Å². The second kappa shape index (κ2) is 5.76. The quantitative estimate of drug-likeness (QED) is 0.833. The highest BCUT2D eigenvalue weighted by Crippen LogP contribution is 2.39. The van der Waals surface area contributed by atoms with Gasteiger partial charge in [0.2, 0.25) is 5.91 Å². The molecule has 1 aliphatic heterocycles. The first-order valence-corrected chi connectivity index (χ1v) is 6.63. The zero-order valence-corrected chi connectivity index (χ0v) is 12.2. The number of hydrogen-bond donors (Lipinski definition) is 1. The molecule has 1 heterocycles. The number of hydrogen-bond acceptors (Lipinski definition) is 3. The molecule has 2 fully saturated rings. The Bertz CT molecular complexity index is 301. The van der Waals surface area contributed by atoms with E-state index >= 15 is 0 Å². The van der Waals surface area contributed by atoms with Gasteiger partial charge in [-0.15, -0.1) is 12.4 Å². The molecule has 0 radical (unpaired) electrons. The van der Waals surface area contributed by atoms with Crippen molar-refractivity contribution in [2.75, 3.05) is 26.2 Å². The lowest BCUT2D eigenvalue weighted by molar-refractivity contribution is -0.155. The molecule has 18 heavy (non-hydrogen) atoms. The van der Waals surface area contributed by atoms with Gasteiger partial charge in [-0.25, -0.2) is 0 Å². The summed E-state index contributed by atoms with van der Waals surface area (Å²) in [4.78, 5) is 14.6. The van der Waals surface area contributed by atoms with E-state index in [0.29, 0.717) is 26.2 Å². The smallest absolute Gasteiger partial charge is 0.230 e. The highest BCUT2D eigenvalue weighted by molar-refractivity contribution is 5.85. The summed E-state index contributed by atoms with van der Waals surface area (Å²) in [5.74, 6) is 0.258. The Hall–Kier alpha value is -0.320. The topological polar surface area (TPSA) is 55.6 Å². The lowest BCUT2D eigenvalue weighted by atomic mass is 9.84. The molecule has 2 N–H and O–H groups in total. The van der Waals surface area contributed by atoms with Crippen LogP contribution in [0.25, 0.3) is 0 Å². The highest BCUT2D eigenvalue weighted by atomic mass is 35.5. The van der Waals surface area contributed by atoms with Gasteiger partial charge in [0.25, 0.3) is 0 Å². The molecule has 0 bridgehead atoms. The number of rotatable bonds is 2. The minimum Gasteiger partial charge on any atom is -0.372 e. The number of ether oxygens (including phenoxy) is 1. The lowest BCUT2D eigenvalue weighted by Gasteiger charge is -2.42. The number of carbonyl (C=O) groups excluding carboxylic acids is 1. The fourth-order valence-electron chi connectivity index (χ4n) is 3.08. The van der Waals surface area contributed by atoms with Crippen LogP contribution in [-0.4, -0.2) is 42.6 Å². The third-order valence-corrected chi connectivity index (χ3v) is 4.12. The van der Waals surface area contributed by atoms with Gasteiger partial charge in [-0.1, -0.05) is 12.8 Å². The third kappa shape index (κ3) is 2.98. The second-order valence-electron chi connectivity index (χ2n) is 6.03. The SMILES string of the molecule is CC1(C)CN(C(=O)C2(CN)CCCC2)CCO1.Cl. The summed E-state index contributed by atoms with van der Waals surface area (Å²) >= 11 is 0. The predicted octanol–water partition coefficient (Wildman–Crippen LogP) is 1.56. The summed E-state index contributed by atoms with van der Waals surface area (Å²) in [6.07, 6.45) is 4.19. The van der Waals surface area contributed by atoms with Crippen LogP contribution in [0.5, 0.6) is 0 Å². The molecular formula is C13H25ClN2O2. The van der Waals surface area contributed by atoms with Crippen molar-refractivity contribution in [3.8, 4) is 0 Å². The molecule has 0 aromatic carbocycles. The lowest BCUT2D eigenvalue weighted by Crippen LogP contribution is -2.55. The first kappa shape index (κ1) is 15.7. The Morgan fingerprint density at radius 3 is 2.44 bits per heavy atom. The maximum atomic E-state index is 12.6. The summed E-state index contributed by atoms with van der Waals surface area (Å²) in [7, 11) is 0. The van der Waals surface area contributed by atoms with Gasteiger partial charge in [0.05, 0.1) is 17.6 Å². The largest absolute Gasteiger partial charge is 0.372 e. The monoisotopic (exact) mass is 276 g/mol. The minimum absolute atomic E-state index is 0. The van der Waals surface area contributed by atoms with Gasteiger partial charge in [0, 0.05) is 19.6 Å². The van der Waals surface area contributed by atoms with Gasteiger partial charge < -0.3 is 15.4 Å². The van der Waals surface area contributed by atoms with Crippen LogP contribution in [0.4, 0.5) is 0 Å². The van der Waals surface area contributed by atoms with Crippen molar-refractivity contribution in [1.29, 1.82) is 0 Å². The van der Waals surface area contributed by atoms with Crippen LogP contribution in [0.3, 0.4) is 0 Å². The number of halogens is 1. The molecular weight excluding hydrogens is 252 g/mol. The summed E-state index contributed by atoms with van der Waals surface area (Å²) in [5.41, 5.74) is 5.37. The van der Waals surface area contributed by atoms with Gasteiger partial charge in [0.15, 0.2) is 0 Å². The third-order valence-electron chi connectivity index (χ3n) is 4.12. The van der Waals surface area contributed by atoms with Crippen LogP contribution < -0.4 is 5.73 Å². The van der Waals surface area contributed by atoms with E-state index in [9.17, 15) is 4.79 Å². The Morgan fingerprint density at radius 2 is 1.94 bits per heavy atom. The Morgan fingerprint density at radius 1 is 1.33 bits per heavy atom. The molecule has 1 saturated carbocycles. The van der Waals surface area contributed by atoms with Crippen LogP contribution in [0.15, 0.2) is 0 Å². The van der Waals surface area contributed by atoms with Gasteiger partial charge >= 0.3 is 0 Å². The van der Waals surface area contributed by atoms with Crippen molar-refractivity contribution in [3.05, 3.63) is 0 Å². The average Bonchev–Trinajstić information content (AvgIpc) is 2.76. The van der Waals surface area contributed by atoms with E-state index in [4.69, 9.17) is 10.5 Å². The van der Waals surface area contributed by atoms with Crippen molar-refractivity contribution >= 4 is 18.3 Å². The summed E-state index contributed by atoms with van der Waals surface area (Å²) in [6, 6.07) is 0. The maximum absolute atomic E-state index is 12.6. The minimum atomic E-state index is -0.270. The van der Waals surface area contributed by atoms with Crippen LogP contribution in [0.1, 0.15) is 39.5 Å². The first-order valence-electron chi connectivity index (χ1n) is 6.63. The van der Waals surface area contributed by atoms with Crippen molar-refractivity contribution in [1.82, 2.24) is 4.90 Å². The van der Waals surface area contributed by atoms with Crippen LogP contribution in [0.2, 0.25) is 0 Å². The number of carbonyl (C=O) groups is 1. The number of amides is 1. The molecule has 2 rings (SSSR count). The van der Waals surface area contributed by atoms with E-state index in [1.165, 1.54) is 0 Å². The Labute approximate surface area is 116 Å². The molecule has 2 aliphatic rings. The van der Waals surface area contributed by atoms with E-state index < -0.39 is 0 Å². The number of nitrogens with two attached hydrogens (primary N) is 1.